The van der Waals surface area contributed by atoms with Gasteiger partial charge in [0.1, 0.15) is 6.54 Å². The Hall–Kier alpha value is -0.480. The minimum atomic E-state index is 0.773. The lowest BCUT2D eigenvalue weighted by Gasteiger charge is -2.34. The molecular weight excluding hydrogens is 134 g/mol. The van der Waals surface area contributed by atoms with E-state index in [0.29, 0.717) is 0 Å². The number of quaternary nitrogens is 1. The molecule has 0 aromatic heterocycles. The van der Waals surface area contributed by atoms with Gasteiger partial charge in [0.05, 0.1) is 12.1 Å². The molecule has 62 valence electrons. The van der Waals surface area contributed by atoms with E-state index in [1.165, 1.54) is 19.3 Å². The van der Waals surface area contributed by atoms with Crippen LogP contribution in [0.1, 0.15) is 33.1 Å². The molecule has 3 atom stereocenters. The van der Waals surface area contributed by atoms with Gasteiger partial charge >= 0.3 is 0 Å². The van der Waals surface area contributed by atoms with Crippen molar-refractivity contribution >= 4 is 0 Å². The molecule has 1 heterocycles. The number of hydrogen-bond acceptors (Lipinski definition) is 0. The highest BCUT2D eigenvalue weighted by molar-refractivity contribution is 4.83. The van der Waals surface area contributed by atoms with E-state index in [2.05, 4.69) is 19.8 Å². The fourth-order valence-corrected chi connectivity index (χ4v) is 2.05. The van der Waals surface area contributed by atoms with Gasteiger partial charge in [-0.05, 0) is 39.0 Å². The van der Waals surface area contributed by atoms with Gasteiger partial charge in [-0.2, -0.15) is 0 Å². The first-order chi connectivity index (χ1) is 5.25. The predicted molar refractivity (Wildman–Crippen MR) is 47.4 cm³/mol. The van der Waals surface area contributed by atoms with Crippen molar-refractivity contribution in [2.24, 2.45) is 0 Å². The minimum Gasteiger partial charge on any atom is -0.320 e. The lowest BCUT2D eigenvalue weighted by atomic mass is 9.98. The summed E-state index contributed by atoms with van der Waals surface area (Å²) in [5.74, 6) is 2.76. The van der Waals surface area contributed by atoms with E-state index in [9.17, 15) is 0 Å². The van der Waals surface area contributed by atoms with E-state index < -0.39 is 0 Å². The zero-order chi connectivity index (χ0) is 8.27. The first-order valence-corrected chi connectivity index (χ1v) is 4.54. The molecule has 1 aliphatic rings. The maximum atomic E-state index is 5.31. The Labute approximate surface area is 69.8 Å². The normalized spacial score (nSPS) is 38.1. The van der Waals surface area contributed by atoms with Crippen molar-refractivity contribution in [3.05, 3.63) is 0 Å². The highest BCUT2D eigenvalue weighted by atomic mass is 15.2. The zero-order valence-corrected chi connectivity index (χ0v) is 7.56. The van der Waals surface area contributed by atoms with Crippen molar-refractivity contribution in [2.45, 2.75) is 45.2 Å². The molecule has 11 heavy (non-hydrogen) atoms. The summed E-state index contributed by atoms with van der Waals surface area (Å²) in [6, 6.07) is 1.55. The van der Waals surface area contributed by atoms with Gasteiger partial charge in [-0.3, -0.25) is 0 Å². The number of piperidine rings is 1. The molecule has 1 fully saturated rings. The molecule has 1 unspecified atom stereocenters. The van der Waals surface area contributed by atoms with Crippen molar-refractivity contribution in [3.8, 4) is 12.3 Å². The second kappa shape index (κ2) is 3.78. The smallest absolute Gasteiger partial charge is 0.139 e. The Kier molecular flexibility index (Phi) is 2.96. The third-order valence-corrected chi connectivity index (χ3v) is 2.85. The quantitative estimate of drug-likeness (QED) is 0.521. The van der Waals surface area contributed by atoms with Gasteiger partial charge in [0.2, 0.25) is 0 Å². The summed E-state index contributed by atoms with van der Waals surface area (Å²) >= 11 is 0. The number of terminal acetylenes is 1. The molecule has 0 bridgehead atoms. The molecule has 0 aromatic carbocycles. The number of hydrogen-bond donors (Lipinski definition) is 1. The second-order valence-electron chi connectivity index (χ2n) is 3.69. The minimum absolute atomic E-state index is 0.773. The van der Waals surface area contributed by atoms with Crippen molar-refractivity contribution < 1.29 is 4.90 Å². The first-order valence-electron chi connectivity index (χ1n) is 4.54. The van der Waals surface area contributed by atoms with Crippen LogP contribution in [0, 0.1) is 12.3 Å². The van der Waals surface area contributed by atoms with Crippen LogP contribution in [0.4, 0.5) is 0 Å². The lowest BCUT2D eigenvalue weighted by molar-refractivity contribution is -0.944. The summed E-state index contributed by atoms with van der Waals surface area (Å²) in [6.45, 7) is 5.52. The van der Waals surface area contributed by atoms with Gasteiger partial charge < -0.3 is 4.90 Å². The Morgan fingerprint density at radius 2 is 1.91 bits per heavy atom. The monoisotopic (exact) mass is 152 g/mol. The van der Waals surface area contributed by atoms with Crippen molar-refractivity contribution in [2.75, 3.05) is 6.54 Å². The van der Waals surface area contributed by atoms with Crippen LogP contribution in [0.25, 0.3) is 0 Å². The molecule has 0 saturated carbocycles. The van der Waals surface area contributed by atoms with Crippen LogP contribution in [0.2, 0.25) is 0 Å². The van der Waals surface area contributed by atoms with Gasteiger partial charge in [-0.25, -0.2) is 0 Å². The average Bonchev–Trinajstić information content (AvgIpc) is 1.97. The molecule has 0 spiro atoms. The topological polar surface area (TPSA) is 4.44 Å². The Morgan fingerprint density at radius 1 is 1.36 bits per heavy atom. The Balaban J connectivity index is 2.49. The number of rotatable bonds is 1. The lowest BCUT2D eigenvalue weighted by Crippen LogP contribution is -3.19. The standard InChI is InChI=1S/C10H17N/c1-4-8-11-9(2)6-5-7-10(11)3/h1,9-10H,5-8H2,2-3H3/p+1/t9-,10+. The SMILES string of the molecule is C#CC[NH+]1[C@H](C)CCC[C@@H]1C. The molecular formula is C10H18N+. The largest absolute Gasteiger partial charge is 0.320 e. The molecule has 1 nitrogen and oxygen atoms in total. The van der Waals surface area contributed by atoms with Gasteiger partial charge in [0, 0.05) is 0 Å². The summed E-state index contributed by atoms with van der Waals surface area (Å²) in [4.78, 5) is 1.61. The molecule has 1 saturated heterocycles. The third-order valence-electron chi connectivity index (χ3n) is 2.85. The van der Waals surface area contributed by atoms with Crippen LogP contribution >= 0.6 is 0 Å². The summed E-state index contributed by atoms with van der Waals surface area (Å²) in [5, 5.41) is 0. The predicted octanol–water partition coefficient (Wildman–Crippen LogP) is 0.465. The van der Waals surface area contributed by atoms with E-state index in [4.69, 9.17) is 6.42 Å². The van der Waals surface area contributed by atoms with E-state index in [1.54, 1.807) is 4.90 Å². The fourth-order valence-electron chi connectivity index (χ4n) is 2.05. The molecule has 0 radical (unpaired) electrons. The zero-order valence-electron chi connectivity index (χ0n) is 7.56. The van der Waals surface area contributed by atoms with Crippen LogP contribution in [0.3, 0.4) is 0 Å². The van der Waals surface area contributed by atoms with Gasteiger partial charge in [0.25, 0.3) is 0 Å². The molecule has 0 aromatic rings. The Bertz CT molecular complexity index is 147. The van der Waals surface area contributed by atoms with E-state index in [1.807, 2.05) is 0 Å². The molecule has 1 rings (SSSR count). The van der Waals surface area contributed by atoms with Gasteiger partial charge in [-0.1, -0.05) is 0 Å². The molecule has 0 amide bonds. The molecule has 1 aliphatic heterocycles. The highest BCUT2D eigenvalue weighted by Gasteiger charge is 2.26. The fraction of sp³-hybridized carbons (Fsp3) is 0.800. The van der Waals surface area contributed by atoms with Crippen LogP contribution in [-0.2, 0) is 0 Å². The van der Waals surface area contributed by atoms with E-state index >= 15 is 0 Å². The molecule has 1 N–H and O–H groups in total. The van der Waals surface area contributed by atoms with Crippen molar-refractivity contribution in [3.63, 3.8) is 0 Å². The maximum absolute atomic E-state index is 5.31. The summed E-state index contributed by atoms with van der Waals surface area (Å²) in [6.07, 6.45) is 9.40. The number of likely N-dealkylation sites (tertiary alicyclic amines) is 1. The van der Waals surface area contributed by atoms with Gasteiger partial charge in [0.15, 0.2) is 0 Å². The summed E-state index contributed by atoms with van der Waals surface area (Å²) in [5.41, 5.74) is 0. The average molecular weight is 152 g/mol. The van der Waals surface area contributed by atoms with Crippen LogP contribution in [0.15, 0.2) is 0 Å². The number of nitrogens with one attached hydrogen (secondary N) is 1. The van der Waals surface area contributed by atoms with Crippen LogP contribution in [-0.4, -0.2) is 18.6 Å². The first kappa shape index (κ1) is 8.62. The highest BCUT2D eigenvalue weighted by Crippen LogP contribution is 2.06. The van der Waals surface area contributed by atoms with Crippen LogP contribution < -0.4 is 4.90 Å². The molecule has 0 aliphatic carbocycles. The summed E-state index contributed by atoms with van der Waals surface area (Å²) < 4.78 is 0. The summed E-state index contributed by atoms with van der Waals surface area (Å²) in [7, 11) is 0. The Morgan fingerprint density at radius 3 is 2.36 bits per heavy atom. The maximum Gasteiger partial charge on any atom is 0.139 e. The van der Waals surface area contributed by atoms with Crippen LogP contribution in [0.5, 0.6) is 0 Å². The van der Waals surface area contributed by atoms with Crippen molar-refractivity contribution in [1.29, 1.82) is 0 Å². The van der Waals surface area contributed by atoms with E-state index in [0.717, 1.165) is 18.6 Å². The van der Waals surface area contributed by atoms with Crippen molar-refractivity contribution in [1.82, 2.24) is 0 Å². The second-order valence-corrected chi connectivity index (χ2v) is 3.69. The molecule has 1 heteroatoms. The van der Waals surface area contributed by atoms with Gasteiger partial charge in [-0.15, -0.1) is 6.42 Å². The van der Waals surface area contributed by atoms with E-state index in [-0.39, 0.29) is 0 Å². The third kappa shape index (κ3) is 1.97.